The molecule has 116 valence electrons. The Morgan fingerprint density at radius 1 is 1.24 bits per heavy atom. The van der Waals surface area contributed by atoms with Crippen LogP contribution in [0.1, 0.15) is 38.1 Å². The van der Waals surface area contributed by atoms with E-state index in [2.05, 4.69) is 16.0 Å². The molecule has 0 aliphatic rings. The molecule has 0 aliphatic carbocycles. The van der Waals surface area contributed by atoms with Crippen molar-refractivity contribution in [1.29, 1.82) is 0 Å². The number of benzene rings is 1. The third-order valence-corrected chi connectivity index (χ3v) is 2.75. The highest BCUT2D eigenvalue weighted by atomic mass is 35.5. The predicted molar refractivity (Wildman–Crippen MR) is 85.8 cm³/mol. The Morgan fingerprint density at radius 3 is 2.48 bits per heavy atom. The molecule has 6 heteroatoms. The van der Waals surface area contributed by atoms with Crippen molar-refractivity contribution in [2.75, 3.05) is 18.4 Å². The molecule has 5 nitrogen and oxygen atoms in total. The second kappa shape index (κ2) is 7.31. The summed E-state index contributed by atoms with van der Waals surface area (Å²) >= 11 is 5.92. The molecule has 0 bridgehead atoms. The topological polar surface area (TPSA) is 70.2 Å². The summed E-state index contributed by atoms with van der Waals surface area (Å²) in [5.74, 6) is -0.569. The van der Waals surface area contributed by atoms with E-state index < -0.39 is 0 Å². The first kappa shape index (κ1) is 17.3. The van der Waals surface area contributed by atoms with Crippen LogP contribution in [0.4, 0.5) is 5.69 Å². The summed E-state index contributed by atoms with van der Waals surface area (Å²) in [4.78, 5) is 23.9. The molecule has 0 heterocycles. The molecule has 3 N–H and O–H groups in total. The summed E-state index contributed by atoms with van der Waals surface area (Å²) in [6.45, 7) is 8.20. The third-order valence-electron chi connectivity index (χ3n) is 2.52. The van der Waals surface area contributed by atoms with Crippen LogP contribution in [0, 0.1) is 0 Å². The Bertz CT molecular complexity index is 524. The lowest BCUT2D eigenvalue weighted by Gasteiger charge is -2.20. The fourth-order valence-corrected chi connectivity index (χ4v) is 1.94. The molecule has 0 saturated heterocycles. The summed E-state index contributed by atoms with van der Waals surface area (Å²) in [6.07, 6.45) is 0. The number of nitrogens with one attached hydrogen (secondary N) is 3. The second-order valence-electron chi connectivity index (χ2n) is 5.70. The minimum absolute atomic E-state index is 0.0752. The van der Waals surface area contributed by atoms with Gasteiger partial charge < -0.3 is 16.0 Å². The maximum Gasteiger partial charge on any atom is 0.253 e. The van der Waals surface area contributed by atoms with E-state index in [1.807, 2.05) is 27.7 Å². The van der Waals surface area contributed by atoms with E-state index in [0.717, 1.165) is 0 Å². The molecule has 0 radical (unpaired) electrons. The van der Waals surface area contributed by atoms with Gasteiger partial charge in [-0.2, -0.15) is 0 Å². The lowest BCUT2D eigenvalue weighted by Crippen LogP contribution is -2.45. The van der Waals surface area contributed by atoms with Crippen molar-refractivity contribution in [2.24, 2.45) is 0 Å². The lowest BCUT2D eigenvalue weighted by atomic mass is 10.1. The number of carbonyl (C=O) groups is 2. The number of rotatable bonds is 5. The molecule has 0 atom stereocenters. The summed E-state index contributed by atoms with van der Waals surface area (Å²) in [5, 5.41) is 8.94. The Hall–Kier alpha value is -1.75. The minimum Gasteiger partial charge on any atom is -0.385 e. The molecule has 1 rings (SSSR count). The van der Waals surface area contributed by atoms with Gasteiger partial charge in [0.25, 0.3) is 5.91 Å². The van der Waals surface area contributed by atoms with E-state index in [4.69, 9.17) is 11.6 Å². The Morgan fingerprint density at radius 2 is 1.90 bits per heavy atom. The zero-order valence-corrected chi connectivity index (χ0v) is 13.6. The highest BCUT2D eigenvalue weighted by Crippen LogP contribution is 2.20. The van der Waals surface area contributed by atoms with Crippen molar-refractivity contribution in [1.82, 2.24) is 10.6 Å². The minimum atomic E-state index is -0.336. The highest BCUT2D eigenvalue weighted by molar-refractivity contribution is 6.31. The monoisotopic (exact) mass is 311 g/mol. The van der Waals surface area contributed by atoms with Gasteiger partial charge in [0.1, 0.15) is 0 Å². The van der Waals surface area contributed by atoms with Crippen molar-refractivity contribution in [3.8, 4) is 0 Å². The van der Waals surface area contributed by atoms with Crippen molar-refractivity contribution < 1.29 is 9.59 Å². The summed E-state index contributed by atoms with van der Waals surface area (Å²) in [5.41, 5.74) is 0.788. The number of anilines is 1. The molecule has 0 aromatic heterocycles. The van der Waals surface area contributed by atoms with Crippen LogP contribution >= 0.6 is 11.6 Å². The van der Waals surface area contributed by atoms with E-state index in [1.165, 1.54) is 0 Å². The molecule has 21 heavy (non-hydrogen) atoms. The third kappa shape index (κ3) is 6.04. The Kier molecular flexibility index (Phi) is 6.03. The molecule has 1 aromatic carbocycles. The van der Waals surface area contributed by atoms with Crippen LogP contribution in [0.3, 0.4) is 0 Å². The van der Waals surface area contributed by atoms with Crippen LogP contribution in [-0.2, 0) is 4.79 Å². The van der Waals surface area contributed by atoms with Gasteiger partial charge in [-0.15, -0.1) is 0 Å². The largest absolute Gasteiger partial charge is 0.385 e. The van der Waals surface area contributed by atoms with E-state index >= 15 is 0 Å². The Balaban J connectivity index is 2.71. The maximum atomic E-state index is 12.2. The van der Waals surface area contributed by atoms with Crippen LogP contribution < -0.4 is 16.0 Å². The van der Waals surface area contributed by atoms with Gasteiger partial charge in [-0.25, -0.2) is 0 Å². The molecule has 2 amide bonds. The molecule has 0 aliphatic heterocycles. The van der Waals surface area contributed by atoms with Crippen molar-refractivity contribution >= 4 is 29.1 Å². The average molecular weight is 312 g/mol. The first-order valence-electron chi connectivity index (χ1n) is 6.85. The number of hydrogen-bond acceptors (Lipinski definition) is 3. The zero-order valence-electron chi connectivity index (χ0n) is 12.8. The van der Waals surface area contributed by atoms with E-state index in [1.54, 1.807) is 18.2 Å². The zero-order chi connectivity index (χ0) is 16.0. The fourth-order valence-electron chi connectivity index (χ4n) is 1.77. The van der Waals surface area contributed by atoms with Gasteiger partial charge in [-0.1, -0.05) is 11.6 Å². The van der Waals surface area contributed by atoms with E-state index in [-0.39, 0.29) is 23.9 Å². The molecule has 1 aromatic rings. The molecule has 0 saturated carbocycles. The van der Waals surface area contributed by atoms with Gasteiger partial charge in [0.05, 0.1) is 12.1 Å². The van der Waals surface area contributed by atoms with E-state index in [0.29, 0.717) is 22.8 Å². The van der Waals surface area contributed by atoms with Crippen LogP contribution in [0.15, 0.2) is 18.2 Å². The number of carbonyl (C=O) groups excluding carboxylic acids is 2. The van der Waals surface area contributed by atoms with Crippen molar-refractivity contribution in [3.05, 3.63) is 28.8 Å². The SMILES string of the molecule is CCNc1ccc(Cl)cc1C(=O)NCC(=O)NC(C)(C)C. The van der Waals surface area contributed by atoms with Crippen molar-refractivity contribution in [2.45, 2.75) is 33.2 Å². The van der Waals surface area contributed by atoms with Gasteiger partial charge in [-0.05, 0) is 45.9 Å². The van der Waals surface area contributed by atoms with E-state index in [9.17, 15) is 9.59 Å². The van der Waals surface area contributed by atoms with Crippen molar-refractivity contribution in [3.63, 3.8) is 0 Å². The van der Waals surface area contributed by atoms with Crippen LogP contribution in [0.25, 0.3) is 0 Å². The van der Waals surface area contributed by atoms with Crippen LogP contribution in [0.5, 0.6) is 0 Å². The van der Waals surface area contributed by atoms with Gasteiger partial charge in [0, 0.05) is 22.8 Å². The molecular formula is C15H22ClN3O2. The lowest BCUT2D eigenvalue weighted by molar-refractivity contribution is -0.121. The first-order valence-corrected chi connectivity index (χ1v) is 7.23. The smallest absolute Gasteiger partial charge is 0.253 e. The highest BCUT2D eigenvalue weighted by Gasteiger charge is 2.16. The second-order valence-corrected chi connectivity index (χ2v) is 6.14. The van der Waals surface area contributed by atoms with Crippen LogP contribution in [0.2, 0.25) is 5.02 Å². The summed E-state index contributed by atoms with van der Waals surface area (Å²) in [7, 11) is 0. The number of amides is 2. The Labute approximate surface area is 130 Å². The predicted octanol–water partition coefficient (Wildman–Crippen LogP) is 2.42. The standard InChI is InChI=1S/C15H22ClN3O2/c1-5-17-12-7-6-10(16)8-11(12)14(21)18-9-13(20)19-15(2,3)4/h6-8,17H,5,9H2,1-4H3,(H,18,21)(H,19,20). The molecule has 0 spiro atoms. The van der Waals surface area contributed by atoms with Gasteiger partial charge in [-0.3, -0.25) is 9.59 Å². The number of hydrogen-bond donors (Lipinski definition) is 3. The maximum absolute atomic E-state index is 12.2. The molecule has 0 unspecified atom stereocenters. The van der Waals surface area contributed by atoms with Gasteiger partial charge in [0.15, 0.2) is 0 Å². The van der Waals surface area contributed by atoms with Gasteiger partial charge in [0.2, 0.25) is 5.91 Å². The van der Waals surface area contributed by atoms with Gasteiger partial charge >= 0.3 is 0 Å². The van der Waals surface area contributed by atoms with Crippen LogP contribution in [-0.4, -0.2) is 30.4 Å². The molecule has 0 fully saturated rings. The normalized spacial score (nSPS) is 10.9. The molecular weight excluding hydrogens is 290 g/mol. The summed E-state index contributed by atoms with van der Waals surface area (Å²) in [6, 6.07) is 5.04. The fraction of sp³-hybridized carbons (Fsp3) is 0.467. The summed E-state index contributed by atoms with van der Waals surface area (Å²) < 4.78 is 0. The number of halogens is 1. The first-order chi connectivity index (χ1) is 9.73. The average Bonchev–Trinajstić information content (AvgIpc) is 2.36. The quantitative estimate of drug-likeness (QED) is 0.782.